The third kappa shape index (κ3) is 3.70. The zero-order valence-corrected chi connectivity index (χ0v) is 15.0. The van der Waals surface area contributed by atoms with Gasteiger partial charge < -0.3 is 24.3 Å². The lowest BCUT2D eigenvalue weighted by molar-refractivity contribution is 0.00170. The van der Waals surface area contributed by atoms with Crippen molar-refractivity contribution in [2.75, 3.05) is 20.3 Å². The molecule has 0 spiro atoms. The summed E-state index contributed by atoms with van der Waals surface area (Å²) in [5, 5.41) is 11.2. The molecule has 1 aromatic heterocycles. The number of ether oxygens (including phenoxy) is 4. The molecule has 9 heteroatoms. The molecule has 9 nitrogen and oxygen atoms in total. The molecule has 3 heterocycles. The highest BCUT2D eigenvalue weighted by Crippen LogP contribution is 2.35. The summed E-state index contributed by atoms with van der Waals surface area (Å²) in [5.41, 5.74) is 0.758. The van der Waals surface area contributed by atoms with Crippen LogP contribution in [0.15, 0.2) is 6.20 Å². The predicted octanol–water partition coefficient (Wildman–Crippen LogP) is 1.19. The van der Waals surface area contributed by atoms with Crippen molar-refractivity contribution in [2.24, 2.45) is 0 Å². The zero-order chi connectivity index (χ0) is 17.9. The van der Waals surface area contributed by atoms with Crippen LogP contribution in [0.1, 0.15) is 43.8 Å². The van der Waals surface area contributed by atoms with Crippen molar-refractivity contribution in [1.29, 1.82) is 0 Å². The molecule has 2 aliphatic heterocycles. The standard InChI is InChI=1S/C17H26N4O5/c1-23-8-12-7-21(20-19-12)13-9-24-16-14(10-25-15(13)16)26-17(22)18-11-5-3-2-4-6-11/h7,11,13-16H,2-6,8-10H2,1H3,(H,18,22)/t13-,14-,15-,16+/m1/s1. The van der Waals surface area contributed by atoms with Gasteiger partial charge in [0.15, 0.2) is 6.10 Å². The van der Waals surface area contributed by atoms with E-state index in [9.17, 15) is 4.79 Å². The van der Waals surface area contributed by atoms with Gasteiger partial charge >= 0.3 is 6.09 Å². The van der Waals surface area contributed by atoms with Gasteiger partial charge in [-0.2, -0.15) is 0 Å². The van der Waals surface area contributed by atoms with E-state index < -0.39 is 6.10 Å². The second-order valence-corrected chi connectivity index (χ2v) is 7.21. The Bertz CT molecular complexity index is 618. The smallest absolute Gasteiger partial charge is 0.407 e. The second-order valence-electron chi connectivity index (χ2n) is 7.21. The summed E-state index contributed by atoms with van der Waals surface area (Å²) in [5.74, 6) is 0. The second kappa shape index (κ2) is 7.89. The molecule has 3 fully saturated rings. The summed E-state index contributed by atoms with van der Waals surface area (Å²) < 4.78 is 24.1. The number of alkyl carbamates (subject to hydrolysis) is 1. The van der Waals surface area contributed by atoms with Crippen molar-refractivity contribution in [2.45, 2.75) is 69.1 Å². The van der Waals surface area contributed by atoms with Crippen LogP contribution in [0.25, 0.3) is 0 Å². The first-order valence-electron chi connectivity index (χ1n) is 9.34. The molecule has 26 heavy (non-hydrogen) atoms. The zero-order valence-electron chi connectivity index (χ0n) is 15.0. The van der Waals surface area contributed by atoms with Gasteiger partial charge in [0, 0.05) is 13.2 Å². The van der Waals surface area contributed by atoms with Gasteiger partial charge in [-0.3, -0.25) is 0 Å². The number of carbonyl (C=O) groups excluding carboxylic acids is 1. The fourth-order valence-corrected chi connectivity index (χ4v) is 4.05. The van der Waals surface area contributed by atoms with Crippen molar-refractivity contribution in [3.63, 3.8) is 0 Å². The Morgan fingerprint density at radius 2 is 2.08 bits per heavy atom. The fraction of sp³-hybridized carbons (Fsp3) is 0.824. The van der Waals surface area contributed by atoms with Crippen LogP contribution in [0.3, 0.4) is 0 Å². The molecule has 1 N–H and O–H groups in total. The topological polar surface area (TPSA) is 96.7 Å². The van der Waals surface area contributed by atoms with Gasteiger partial charge in [0.05, 0.1) is 26.0 Å². The summed E-state index contributed by atoms with van der Waals surface area (Å²) in [6.07, 6.45) is 6.23. The highest BCUT2D eigenvalue weighted by atomic mass is 16.6. The monoisotopic (exact) mass is 366 g/mol. The first kappa shape index (κ1) is 17.7. The maximum atomic E-state index is 12.2. The van der Waals surface area contributed by atoms with E-state index in [0.717, 1.165) is 31.4 Å². The molecule has 1 saturated carbocycles. The van der Waals surface area contributed by atoms with Gasteiger partial charge in [0.2, 0.25) is 0 Å². The van der Waals surface area contributed by atoms with E-state index in [0.29, 0.717) is 19.8 Å². The first-order valence-corrected chi connectivity index (χ1v) is 9.34. The molecule has 1 aromatic rings. The lowest BCUT2D eigenvalue weighted by Crippen LogP contribution is -2.41. The van der Waals surface area contributed by atoms with Crippen molar-refractivity contribution in [3.8, 4) is 0 Å². The van der Waals surface area contributed by atoms with E-state index in [1.165, 1.54) is 6.42 Å². The Morgan fingerprint density at radius 3 is 2.88 bits per heavy atom. The quantitative estimate of drug-likeness (QED) is 0.836. The lowest BCUT2D eigenvalue weighted by Gasteiger charge is -2.24. The number of nitrogens with one attached hydrogen (secondary N) is 1. The summed E-state index contributed by atoms with van der Waals surface area (Å²) in [6, 6.07) is 0.147. The minimum absolute atomic E-state index is 0.0758. The van der Waals surface area contributed by atoms with Crippen LogP contribution in [0.2, 0.25) is 0 Å². The Hall–Kier alpha value is -1.71. The molecule has 1 aliphatic carbocycles. The number of amides is 1. The van der Waals surface area contributed by atoms with Crippen LogP contribution in [-0.4, -0.2) is 65.8 Å². The van der Waals surface area contributed by atoms with E-state index in [1.807, 2.05) is 6.20 Å². The van der Waals surface area contributed by atoms with Gasteiger partial charge in [0.25, 0.3) is 0 Å². The Morgan fingerprint density at radius 1 is 1.27 bits per heavy atom. The molecular formula is C17H26N4O5. The van der Waals surface area contributed by atoms with E-state index >= 15 is 0 Å². The minimum atomic E-state index is -0.393. The lowest BCUT2D eigenvalue weighted by atomic mass is 9.96. The minimum Gasteiger partial charge on any atom is -0.441 e. The normalized spacial score (nSPS) is 31.7. The maximum absolute atomic E-state index is 12.2. The number of hydrogen-bond donors (Lipinski definition) is 1. The van der Waals surface area contributed by atoms with Gasteiger partial charge in [-0.25, -0.2) is 9.48 Å². The Balaban J connectivity index is 1.32. The predicted molar refractivity (Wildman–Crippen MR) is 89.5 cm³/mol. The molecule has 144 valence electrons. The SMILES string of the molecule is COCc1cn([C@@H]2CO[C@@H]3[C@@H]2OC[C@H]3OC(=O)NC2CCCCC2)nn1. The number of rotatable bonds is 5. The van der Waals surface area contributed by atoms with E-state index in [2.05, 4.69) is 15.6 Å². The number of fused-ring (bicyclic) bond motifs is 1. The highest BCUT2D eigenvalue weighted by Gasteiger charge is 2.50. The summed E-state index contributed by atoms with van der Waals surface area (Å²) in [4.78, 5) is 12.2. The summed E-state index contributed by atoms with van der Waals surface area (Å²) >= 11 is 0. The molecule has 0 radical (unpaired) electrons. The summed E-state index contributed by atoms with van der Waals surface area (Å²) in [6.45, 7) is 1.20. The van der Waals surface area contributed by atoms with Crippen molar-refractivity contribution >= 4 is 6.09 Å². The average molecular weight is 366 g/mol. The molecule has 4 rings (SSSR count). The Kier molecular flexibility index (Phi) is 5.37. The number of nitrogens with zero attached hydrogens (tertiary/aromatic N) is 3. The highest BCUT2D eigenvalue weighted by molar-refractivity contribution is 5.68. The first-order chi connectivity index (χ1) is 12.7. The molecule has 0 bridgehead atoms. The molecule has 0 aromatic carbocycles. The summed E-state index contributed by atoms with van der Waals surface area (Å²) in [7, 11) is 1.62. The number of hydrogen-bond acceptors (Lipinski definition) is 7. The fourth-order valence-electron chi connectivity index (χ4n) is 4.05. The average Bonchev–Trinajstić information content (AvgIpc) is 3.34. The van der Waals surface area contributed by atoms with Gasteiger partial charge in [-0.15, -0.1) is 5.10 Å². The van der Waals surface area contributed by atoms with E-state index in [1.54, 1.807) is 11.8 Å². The third-order valence-electron chi connectivity index (χ3n) is 5.36. The van der Waals surface area contributed by atoms with Crippen LogP contribution >= 0.6 is 0 Å². The van der Waals surface area contributed by atoms with Gasteiger partial charge in [-0.05, 0) is 12.8 Å². The van der Waals surface area contributed by atoms with Crippen molar-refractivity contribution in [3.05, 3.63) is 11.9 Å². The van der Waals surface area contributed by atoms with Gasteiger partial charge in [-0.1, -0.05) is 24.5 Å². The Labute approximate surface area is 152 Å². The molecule has 3 aliphatic rings. The maximum Gasteiger partial charge on any atom is 0.407 e. The third-order valence-corrected chi connectivity index (χ3v) is 5.36. The van der Waals surface area contributed by atoms with Crippen LogP contribution in [0.5, 0.6) is 0 Å². The molecule has 2 saturated heterocycles. The van der Waals surface area contributed by atoms with Crippen molar-refractivity contribution in [1.82, 2.24) is 20.3 Å². The molecular weight excluding hydrogens is 340 g/mol. The van der Waals surface area contributed by atoms with Crippen LogP contribution in [0.4, 0.5) is 4.79 Å². The van der Waals surface area contributed by atoms with Crippen LogP contribution < -0.4 is 5.32 Å². The van der Waals surface area contributed by atoms with Crippen LogP contribution in [0, 0.1) is 0 Å². The molecule has 4 atom stereocenters. The van der Waals surface area contributed by atoms with Gasteiger partial charge in [0.1, 0.15) is 23.9 Å². The number of methoxy groups -OCH3 is 1. The van der Waals surface area contributed by atoms with Crippen molar-refractivity contribution < 1.29 is 23.7 Å². The largest absolute Gasteiger partial charge is 0.441 e. The van der Waals surface area contributed by atoms with E-state index in [4.69, 9.17) is 18.9 Å². The number of carbonyl (C=O) groups is 1. The van der Waals surface area contributed by atoms with E-state index in [-0.39, 0.29) is 30.4 Å². The van der Waals surface area contributed by atoms with Crippen LogP contribution in [-0.2, 0) is 25.6 Å². The molecule has 0 unspecified atom stereocenters. The molecule has 1 amide bonds. The number of aromatic nitrogens is 3.